The molecule has 0 aliphatic heterocycles. The highest BCUT2D eigenvalue weighted by Crippen LogP contribution is 2.31. The van der Waals surface area contributed by atoms with Crippen molar-refractivity contribution in [3.05, 3.63) is 65.2 Å². The Balaban J connectivity index is 1.78. The molecule has 3 rings (SSSR count). The average molecular weight is 353 g/mol. The molecule has 6 heteroatoms. The Morgan fingerprint density at radius 1 is 1.08 bits per heavy atom. The zero-order valence-electron chi connectivity index (χ0n) is 14.8. The lowest BCUT2D eigenvalue weighted by Gasteiger charge is -2.19. The van der Waals surface area contributed by atoms with Crippen LogP contribution in [0.5, 0.6) is 0 Å². The van der Waals surface area contributed by atoms with Crippen molar-refractivity contribution in [1.82, 2.24) is 10.6 Å². The number of hydrogen-bond donors (Lipinski definition) is 4. The molecule has 0 fully saturated rings. The smallest absolute Gasteiger partial charge is 0.319 e. The number of amides is 3. The Hall–Kier alpha value is -2.86. The fraction of sp³-hybridized carbons (Fsp3) is 0.300. The zero-order chi connectivity index (χ0) is 18.7. The molecule has 0 saturated carbocycles. The second kappa shape index (κ2) is 7.58. The molecule has 136 valence electrons. The fourth-order valence-corrected chi connectivity index (χ4v) is 3.18. The predicted molar refractivity (Wildman–Crippen MR) is 100 cm³/mol. The van der Waals surface area contributed by atoms with Crippen LogP contribution in [0.1, 0.15) is 41.4 Å². The number of fused-ring (bicyclic) bond motifs is 1. The minimum atomic E-state index is -0.666. The summed E-state index contributed by atoms with van der Waals surface area (Å²) in [6.07, 6.45) is -0.154. The molecule has 0 radical (unpaired) electrons. The molecule has 2 atom stereocenters. The number of hydrogen-bond acceptors (Lipinski definition) is 3. The Morgan fingerprint density at radius 3 is 2.54 bits per heavy atom. The molecule has 1 aliphatic carbocycles. The van der Waals surface area contributed by atoms with Crippen molar-refractivity contribution in [2.75, 3.05) is 5.32 Å². The SMILES string of the molecule is CC(C)NC(=O)Nc1ccccc1C(=O)NC1c2ccccc2CC1O. The van der Waals surface area contributed by atoms with E-state index in [9.17, 15) is 14.7 Å². The highest BCUT2D eigenvalue weighted by Gasteiger charge is 2.32. The van der Waals surface area contributed by atoms with Crippen LogP contribution in [0.4, 0.5) is 10.5 Å². The van der Waals surface area contributed by atoms with E-state index in [1.54, 1.807) is 24.3 Å². The maximum Gasteiger partial charge on any atom is 0.319 e. The topological polar surface area (TPSA) is 90.5 Å². The number of rotatable bonds is 4. The van der Waals surface area contributed by atoms with Crippen molar-refractivity contribution < 1.29 is 14.7 Å². The molecule has 0 heterocycles. The van der Waals surface area contributed by atoms with Gasteiger partial charge in [-0.3, -0.25) is 4.79 Å². The van der Waals surface area contributed by atoms with Gasteiger partial charge in [0.2, 0.25) is 0 Å². The van der Waals surface area contributed by atoms with E-state index in [0.717, 1.165) is 11.1 Å². The van der Waals surface area contributed by atoms with E-state index < -0.39 is 12.1 Å². The molecule has 26 heavy (non-hydrogen) atoms. The number of carbonyl (C=O) groups is 2. The van der Waals surface area contributed by atoms with Crippen LogP contribution >= 0.6 is 0 Å². The monoisotopic (exact) mass is 353 g/mol. The number of nitrogens with one attached hydrogen (secondary N) is 3. The largest absolute Gasteiger partial charge is 0.390 e. The first-order valence-corrected chi connectivity index (χ1v) is 8.69. The molecule has 2 unspecified atom stereocenters. The molecule has 0 spiro atoms. The lowest BCUT2D eigenvalue weighted by atomic mass is 10.1. The standard InChI is InChI=1S/C20H23N3O3/c1-12(2)21-20(26)22-16-10-6-5-9-15(16)19(25)23-18-14-8-4-3-7-13(14)11-17(18)24/h3-10,12,17-18,24H,11H2,1-2H3,(H,23,25)(H2,21,22,26). The Kier molecular flexibility index (Phi) is 5.23. The van der Waals surface area contributed by atoms with Crippen LogP contribution in [-0.2, 0) is 6.42 Å². The molecular weight excluding hydrogens is 330 g/mol. The van der Waals surface area contributed by atoms with Crippen molar-refractivity contribution in [3.63, 3.8) is 0 Å². The highest BCUT2D eigenvalue weighted by molar-refractivity contribution is 6.03. The summed E-state index contributed by atoms with van der Waals surface area (Å²) in [6, 6.07) is 13.6. The van der Waals surface area contributed by atoms with E-state index >= 15 is 0 Å². The van der Waals surface area contributed by atoms with Gasteiger partial charge < -0.3 is 21.1 Å². The van der Waals surface area contributed by atoms with Crippen LogP contribution in [0.15, 0.2) is 48.5 Å². The van der Waals surface area contributed by atoms with Gasteiger partial charge in [-0.15, -0.1) is 0 Å². The van der Waals surface area contributed by atoms with Gasteiger partial charge in [-0.1, -0.05) is 36.4 Å². The van der Waals surface area contributed by atoms with Crippen molar-refractivity contribution in [3.8, 4) is 0 Å². The minimum Gasteiger partial charge on any atom is -0.390 e. The van der Waals surface area contributed by atoms with E-state index in [-0.39, 0.29) is 18.0 Å². The second-order valence-corrected chi connectivity index (χ2v) is 6.72. The van der Waals surface area contributed by atoms with Gasteiger partial charge in [-0.2, -0.15) is 0 Å². The van der Waals surface area contributed by atoms with Crippen LogP contribution in [0.25, 0.3) is 0 Å². The normalized spacial score (nSPS) is 18.3. The van der Waals surface area contributed by atoms with E-state index in [1.807, 2.05) is 38.1 Å². The van der Waals surface area contributed by atoms with Gasteiger partial charge in [0.1, 0.15) is 0 Å². The molecule has 2 aromatic rings. The third kappa shape index (κ3) is 3.86. The summed E-state index contributed by atoms with van der Waals surface area (Å²) in [4.78, 5) is 24.8. The van der Waals surface area contributed by atoms with E-state index in [2.05, 4.69) is 16.0 Å². The van der Waals surface area contributed by atoms with Gasteiger partial charge in [-0.25, -0.2) is 4.79 Å². The van der Waals surface area contributed by atoms with Crippen LogP contribution < -0.4 is 16.0 Å². The maximum absolute atomic E-state index is 12.8. The summed E-state index contributed by atoms with van der Waals surface area (Å²) in [7, 11) is 0. The summed E-state index contributed by atoms with van der Waals surface area (Å²) >= 11 is 0. The Bertz CT molecular complexity index is 819. The number of carbonyl (C=O) groups excluding carboxylic acids is 2. The van der Waals surface area contributed by atoms with E-state index in [4.69, 9.17) is 0 Å². The van der Waals surface area contributed by atoms with Gasteiger partial charge in [0.15, 0.2) is 0 Å². The number of aliphatic hydroxyl groups excluding tert-OH is 1. The van der Waals surface area contributed by atoms with Crippen molar-refractivity contribution >= 4 is 17.6 Å². The van der Waals surface area contributed by atoms with Crippen LogP contribution in [0, 0.1) is 0 Å². The van der Waals surface area contributed by atoms with Gasteiger partial charge in [0.25, 0.3) is 5.91 Å². The fourth-order valence-electron chi connectivity index (χ4n) is 3.18. The third-order valence-corrected chi connectivity index (χ3v) is 4.33. The van der Waals surface area contributed by atoms with E-state index in [1.165, 1.54) is 0 Å². The summed E-state index contributed by atoms with van der Waals surface area (Å²) in [5, 5.41) is 18.7. The first-order valence-electron chi connectivity index (χ1n) is 8.69. The summed E-state index contributed by atoms with van der Waals surface area (Å²) in [5.74, 6) is -0.341. The number of para-hydroxylation sites is 1. The first kappa shape index (κ1) is 17.9. The Morgan fingerprint density at radius 2 is 1.77 bits per heavy atom. The molecule has 0 bridgehead atoms. The van der Waals surface area contributed by atoms with Crippen LogP contribution in [-0.4, -0.2) is 29.2 Å². The molecular formula is C20H23N3O3. The molecule has 2 aromatic carbocycles. The van der Waals surface area contributed by atoms with E-state index in [0.29, 0.717) is 17.7 Å². The number of aliphatic hydroxyl groups is 1. The Labute approximate surface area is 152 Å². The van der Waals surface area contributed by atoms with Gasteiger partial charge in [0, 0.05) is 12.5 Å². The molecule has 6 nitrogen and oxygen atoms in total. The quantitative estimate of drug-likeness (QED) is 0.681. The molecule has 0 saturated heterocycles. The minimum absolute atomic E-state index is 0.0128. The highest BCUT2D eigenvalue weighted by atomic mass is 16.3. The van der Waals surface area contributed by atoms with Crippen molar-refractivity contribution in [2.24, 2.45) is 0 Å². The van der Waals surface area contributed by atoms with Crippen molar-refractivity contribution in [2.45, 2.75) is 38.5 Å². The lowest BCUT2D eigenvalue weighted by Crippen LogP contribution is -2.36. The average Bonchev–Trinajstić information content (AvgIpc) is 2.90. The summed E-state index contributed by atoms with van der Waals surface area (Å²) in [6.45, 7) is 3.72. The molecule has 3 amide bonds. The first-order chi connectivity index (χ1) is 12.5. The summed E-state index contributed by atoms with van der Waals surface area (Å²) < 4.78 is 0. The lowest BCUT2D eigenvalue weighted by molar-refractivity contribution is 0.0859. The molecule has 0 aromatic heterocycles. The van der Waals surface area contributed by atoms with Gasteiger partial charge in [0.05, 0.1) is 23.4 Å². The number of anilines is 1. The van der Waals surface area contributed by atoms with Crippen molar-refractivity contribution in [1.29, 1.82) is 0 Å². The van der Waals surface area contributed by atoms with Gasteiger partial charge in [-0.05, 0) is 37.1 Å². The molecule has 1 aliphatic rings. The van der Waals surface area contributed by atoms with Crippen LogP contribution in [0.3, 0.4) is 0 Å². The zero-order valence-corrected chi connectivity index (χ0v) is 14.8. The number of urea groups is 1. The number of benzene rings is 2. The molecule has 4 N–H and O–H groups in total. The summed E-state index contributed by atoms with van der Waals surface area (Å²) in [5.41, 5.74) is 2.73. The van der Waals surface area contributed by atoms with Gasteiger partial charge >= 0.3 is 6.03 Å². The predicted octanol–water partition coefficient (Wildman–Crippen LogP) is 2.60. The third-order valence-electron chi connectivity index (χ3n) is 4.33. The maximum atomic E-state index is 12.8. The van der Waals surface area contributed by atoms with Crippen LogP contribution in [0.2, 0.25) is 0 Å². The second-order valence-electron chi connectivity index (χ2n) is 6.72.